The molecule has 7 nitrogen and oxygen atoms in total. The number of nitrogens with one attached hydrogen (secondary N) is 1. The Morgan fingerprint density at radius 1 is 1.45 bits per heavy atom. The molecule has 0 aromatic carbocycles. The van der Waals surface area contributed by atoms with Crippen LogP contribution in [0.1, 0.15) is 30.3 Å². The van der Waals surface area contributed by atoms with E-state index in [1.165, 1.54) is 0 Å². The predicted octanol–water partition coefficient (Wildman–Crippen LogP) is 0.386. The summed E-state index contributed by atoms with van der Waals surface area (Å²) in [5, 5.41) is 11.0. The minimum absolute atomic E-state index is 0.121. The minimum Gasteiger partial charge on any atom is -0.380 e. The van der Waals surface area contributed by atoms with Crippen LogP contribution in [0.4, 0.5) is 0 Å². The maximum atomic E-state index is 12.2. The van der Waals surface area contributed by atoms with Crippen molar-refractivity contribution in [3.63, 3.8) is 0 Å². The molecule has 0 spiro atoms. The molecule has 3 rings (SSSR count). The Morgan fingerprint density at radius 2 is 2.18 bits per heavy atom. The first-order valence-electron chi connectivity index (χ1n) is 7.99. The number of rotatable bonds is 5. The highest BCUT2D eigenvalue weighted by molar-refractivity contribution is 5.91. The summed E-state index contributed by atoms with van der Waals surface area (Å²) < 4.78 is 6.98. The lowest BCUT2D eigenvalue weighted by molar-refractivity contribution is -0.111. The molecule has 2 aliphatic rings. The first kappa shape index (κ1) is 15.4. The Morgan fingerprint density at radius 3 is 2.82 bits per heavy atom. The second-order valence-corrected chi connectivity index (χ2v) is 7.06. The van der Waals surface area contributed by atoms with E-state index in [2.05, 4.69) is 34.5 Å². The molecule has 0 unspecified atom stereocenters. The van der Waals surface area contributed by atoms with Crippen LogP contribution in [0.5, 0.6) is 0 Å². The lowest BCUT2D eigenvalue weighted by atomic mass is 9.89. The van der Waals surface area contributed by atoms with Crippen LogP contribution in [-0.2, 0) is 11.3 Å². The van der Waals surface area contributed by atoms with Gasteiger partial charge in [0, 0.05) is 12.0 Å². The van der Waals surface area contributed by atoms with E-state index >= 15 is 0 Å². The summed E-state index contributed by atoms with van der Waals surface area (Å²) in [5.74, 6) is 0.446. The van der Waals surface area contributed by atoms with Crippen molar-refractivity contribution in [2.75, 3.05) is 39.9 Å². The number of carbonyl (C=O) groups excluding carboxylic acids is 1. The second kappa shape index (κ2) is 6.34. The molecule has 1 aromatic rings. The van der Waals surface area contributed by atoms with Gasteiger partial charge in [-0.25, -0.2) is 0 Å². The third kappa shape index (κ3) is 3.64. The van der Waals surface area contributed by atoms with Crippen molar-refractivity contribution in [2.45, 2.75) is 26.3 Å². The molecule has 122 valence electrons. The number of ether oxygens (including phenoxy) is 1. The summed E-state index contributed by atoms with van der Waals surface area (Å²) in [6.45, 7) is 7.31. The number of amides is 1. The molecular weight excluding hydrogens is 282 g/mol. The number of likely N-dealkylation sites (tertiary alicyclic amines) is 1. The van der Waals surface area contributed by atoms with Gasteiger partial charge in [0.25, 0.3) is 5.91 Å². The molecule has 0 saturated carbocycles. The van der Waals surface area contributed by atoms with Crippen LogP contribution in [0, 0.1) is 11.3 Å². The standard InChI is InChI=1S/C15H25N5O2/c1-15(10-22-11-15)9-20-8-13(17-18-20)14(21)16-7-12-3-5-19(2)6-4-12/h8,12H,3-7,9-11H2,1-2H3,(H,16,21). The number of piperidine rings is 1. The molecular formula is C15H25N5O2. The normalized spacial score (nSPS) is 22.3. The first-order valence-corrected chi connectivity index (χ1v) is 7.99. The summed E-state index contributed by atoms with van der Waals surface area (Å²) in [7, 11) is 2.14. The first-order chi connectivity index (χ1) is 10.5. The molecule has 0 radical (unpaired) electrons. The molecule has 2 aliphatic heterocycles. The number of nitrogens with zero attached hydrogens (tertiary/aromatic N) is 4. The van der Waals surface area contributed by atoms with Crippen LogP contribution in [0.2, 0.25) is 0 Å². The van der Waals surface area contributed by atoms with E-state index in [1.807, 2.05) is 0 Å². The van der Waals surface area contributed by atoms with Gasteiger partial charge in [0.05, 0.1) is 26.0 Å². The Labute approximate surface area is 131 Å². The van der Waals surface area contributed by atoms with Gasteiger partial charge in [-0.15, -0.1) is 5.10 Å². The largest absolute Gasteiger partial charge is 0.380 e. The van der Waals surface area contributed by atoms with Crippen LogP contribution in [-0.4, -0.2) is 65.7 Å². The average Bonchev–Trinajstić information content (AvgIpc) is 2.93. The van der Waals surface area contributed by atoms with Gasteiger partial charge in [0.15, 0.2) is 5.69 Å². The van der Waals surface area contributed by atoms with E-state index in [1.54, 1.807) is 10.9 Å². The van der Waals surface area contributed by atoms with E-state index in [9.17, 15) is 4.79 Å². The molecule has 3 heterocycles. The molecule has 0 bridgehead atoms. The fraction of sp³-hybridized carbons (Fsp3) is 0.800. The molecule has 2 fully saturated rings. The van der Waals surface area contributed by atoms with Crippen molar-refractivity contribution < 1.29 is 9.53 Å². The van der Waals surface area contributed by atoms with Crippen molar-refractivity contribution in [1.82, 2.24) is 25.2 Å². The Hall–Kier alpha value is -1.47. The van der Waals surface area contributed by atoms with E-state index in [4.69, 9.17) is 4.74 Å². The predicted molar refractivity (Wildman–Crippen MR) is 81.5 cm³/mol. The summed E-state index contributed by atoms with van der Waals surface area (Å²) in [5.41, 5.74) is 0.520. The Kier molecular flexibility index (Phi) is 4.44. The third-order valence-corrected chi connectivity index (χ3v) is 4.61. The Bertz CT molecular complexity index is 518. The highest BCUT2D eigenvalue weighted by Gasteiger charge is 2.34. The fourth-order valence-corrected chi connectivity index (χ4v) is 3.01. The van der Waals surface area contributed by atoms with Gasteiger partial charge in [0.2, 0.25) is 0 Å². The fourth-order valence-electron chi connectivity index (χ4n) is 3.01. The molecule has 2 saturated heterocycles. The van der Waals surface area contributed by atoms with Gasteiger partial charge in [-0.3, -0.25) is 9.48 Å². The molecule has 1 amide bonds. The zero-order valence-electron chi connectivity index (χ0n) is 13.4. The monoisotopic (exact) mass is 307 g/mol. The van der Waals surface area contributed by atoms with Gasteiger partial charge >= 0.3 is 0 Å². The van der Waals surface area contributed by atoms with Gasteiger partial charge in [-0.05, 0) is 38.9 Å². The number of aromatic nitrogens is 3. The van der Waals surface area contributed by atoms with Crippen LogP contribution in [0.15, 0.2) is 6.20 Å². The highest BCUT2D eigenvalue weighted by atomic mass is 16.5. The van der Waals surface area contributed by atoms with Gasteiger partial charge in [-0.2, -0.15) is 0 Å². The summed E-state index contributed by atoms with van der Waals surface area (Å²) in [6, 6.07) is 0. The van der Waals surface area contributed by atoms with E-state index < -0.39 is 0 Å². The maximum absolute atomic E-state index is 12.2. The Balaban J connectivity index is 1.47. The van der Waals surface area contributed by atoms with Crippen molar-refractivity contribution >= 4 is 5.91 Å². The van der Waals surface area contributed by atoms with Crippen molar-refractivity contribution in [2.24, 2.45) is 11.3 Å². The lowest BCUT2D eigenvalue weighted by Gasteiger charge is -2.37. The molecule has 7 heteroatoms. The van der Waals surface area contributed by atoms with E-state index in [0.717, 1.165) is 52.2 Å². The second-order valence-electron chi connectivity index (χ2n) is 7.06. The molecule has 0 atom stereocenters. The summed E-state index contributed by atoms with van der Waals surface area (Å²) in [6.07, 6.45) is 4.01. The summed E-state index contributed by atoms with van der Waals surface area (Å²) in [4.78, 5) is 14.5. The van der Waals surface area contributed by atoms with Gasteiger partial charge < -0.3 is 15.0 Å². The quantitative estimate of drug-likeness (QED) is 0.852. The third-order valence-electron chi connectivity index (χ3n) is 4.61. The lowest BCUT2D eigenvalue weighted by Crippen LogP contribution is -2.43. The number of carbonyl (C=O) groups is 1. The van der Waals surface area contributed by atoms with Gasteiger partial charge in [0.1, 0.15) is 0 Å². The molecule has 0 aliphatic carbocycles. The zero-order chi connectivity index (χ0) is 15.6. The summed E-state index contributed by atoms with van der Waals surface area (Å²) >= 11 is 0. The topological polar surface area (TPSA) is 72.3 Å². The number of hydrogen-bond donors (Lipinski definition) is 1. The highest BCUT2D eigenvalue weighted by Crippen LogP contribution is 2.28. The van der Waals surface area contributed by atoms with Crippen molar-refractivity contribution in [3.05, 3.63) is 11.9 Å². The van der Waals surface area contributed by atoms with E-state index in [0.29, 0.717) is 11.6 Å². The molecule has 1 aromatic heterocycles. The number of hydrogen-bond acceptors (Lipinski definition) is 5. The van der Waals surface area contributed by atoms with Crippen molar-refractivity contribution in [3.8, 4) is 0 Å². The molecule has 1 N–H and O–H groups in total. The maximum Gasteiger partial charge on any atom is 0.273 e. The SMILES string of the molecule is CN1CCC(CNC(=O)c2cn(CC3(C)COC3)nn2)CC1. The van der Waals surface area contributed by atoms with E-state index in [-0.39, 0.29) is 11.3 Å². The average molecular weight is 307 g/mol. The minimum atomic E-state index is -0.125. The van der Waals surface area contributed by atoms with Crippen LogP contribution in [0.3, 0.4) is 0 Å². The van der Waals surface area contributed by atoms with Crippen LogP contribution < -0.4 is 5.32 Å². The zero-order valence-corrected chi connectivity index (χ0v) is 13.4. The smallest absolute Gasteiger partial charge is 0.273 e. The van der Waals surface area contributed by atoms with Crippen molar-refractivity contribution in [1.29, 1.82) is 0 Å². The van der Waals surface area contributed by atoms with Gasteiger partial charge in [-0.1, -0.05) is 12.1 Å². The molecule has 22 heavy (non-hydrogen) atoms. The van der Waals surface area contributed by atoms with Crippen LogP contribution in [0.25, 0.3) is 0 Å². The van der Waals surface area contributed by atoms with Crippen LogP contribution >= 0.6 is 0 Å².